The average Bonchev–Trinajstić information content (AvgIpc) is 3.01. The quantitative estimate of drug-likeness (QED) is 0.287. The van der Waals surface area contributed by atoms with Gasteiger partial charge >= 0.3 is 0 Å². The fourth-order valence-electron chi connectivity index (χ4n) is 5.13. The van der Waals surface area contributed by atoms with Crippen LogP contribution in [0, 0.1) is 0 Å². The van der Waals surface area contributed by atoms with E-state index in [1.54, 1.807) is 7.11 Å². The molecule has 0 radical (unpaired) electrons. The van der Waals surface area contributed by atoms with Gasteiger partial charge in [0.05, 0.1) is 36.4 Å². The molecule has 1 N–H and O–H groups in total. The van der Waals surface area contributed by atoms with E-state index in [2.05, 4.69) is 33.3 Å². The molecule has 1 saturated heterocycles. The number of fused-ring (bicyclic) bond motifs is 1. The van der Waals surface area contributed by atoms with Crippen molar-refractivity contribution in [2.75, 3.05) is 48.4 Å². The molecule has 1 aromatic heterocycles. The first kappa shape index (κ1) is 25.4. The number of nitrogens with zero attached hydrogens (tertiary/aromatic N) is 4. The maximum absolute atomic E-state index is 12.4. The third-order valence-corrected chi connectivity index (χ3v) is 7.27. The van der Waals surface area contributed by atoms with Crippen LogP contribution in [0.15, 0.2) is 103 Å². The van der Waals surface area contributed by atoms with E-state index in [0.29, 0.717) is 6.42 Å². The molecular formula is C33H31N5O2. The van der Waals surface area contributed by atoms with Gasteiger partial charge in [0.1, 0.15) is 11.6 Å². The fourth-order valence-corrected chi connectivity index (χ4v) is 5.13. The highest BCUT2D eigenvalue weighted by molar-refractivity contribution is 5.92. The highest BCUT2D eigenvalue weighted by atomic mass is 16.5. The van der Waals surface area contributed by atoms with Crippen LogP contribution in [0.1, 0.15) is 5.56 Å². The molecule has 200 valence electrons. The average molecular weight is 530 g/mol. The van der Waals surface area contributed by atoms with E-state index in [4.69, 9.17) is 14.7 Å². The molecule has 7 nitrogen and oxygen atoms in total. The molecule has 7 heteroatoms. The first-order chi connectivity index (χ1) is 19.7. The van der Waals surface area contributed by atoms with E-state index < -0.39 is 0 Å². The predicted molar refractivity (Wildman–Crippen MR) is 161 cm³/mol. The lowest BCUT2D eigenvalue weighted by molar-refractivity contribution is -0.115. The molecule has 1 fully saturated rings. The van der Waals surface area contributed by atoms with Gasteiger partial charge < -0.3 is 19.9 Å². The SMILES string of the molecule is COc1ccccc1N1CCN(c2cnc3ccc(-c4ccc(NC(=O)Cc5ccccc5)cc4)cc3n2)CC1. The van der Waals surface area contributed by atoms with Crippen LogP contribution in [-0.4, -0.2) is 49.2 Å². The molecule has 0 atom stereocenters. The summed E-state index contributed by atoms with van der Waals surface area (Å²) in [5.41, 5.74) is 6.74. The number of aromatic nitrogens is 2. The lowest BCUT2D eigenvalue weighted by Gasteiger charge is -2.37. The van der Waals surface area contributed by atoms with Crippen molar-refractivity contribution in [3.8, 4) is 16.9 Å². The molecule has 0 aliphatic carbocycles. The number of rotatable bonds is 7. The molecule has 0 bridgehead atoms. The van der Waals surface area contributed by atoms with E-state index in [0.717, 1.165) is 76.8 Å². The second-order valence-electron chi connectivity index (χ2n) is 9.87. The van der Waals surface area contributed by atoms with Gasteiger partial charge in [-0.1, -0.05) is 60.7 Å². The standard InChI is InChI=1S/C33H31N5O2/c1-40-31-10-6-5-9-30(31)37-17-19-38(20-18-37)32-23-34-28-16-13-26(22-29(28)36-32)25-11-14-27(15-12-25)35-33(39)21-24-7-3-2-4-8-24/h2-16,22-23H,17-21H2,1H3,(H,35,39). The summed E-state index contributed by atoms with van der Waals surface area (Å²) < 4.78 is 5.55. The number of ether oxygens (including phenoxy) is 1. The molecule has 5 aromatic rings. The molecule has 0 saturated carbocycles. The zero-order chi connectivity index (χ0) is 27.3. The van der Waals surface area contributed by atoms with Crippen LogP contribution in [0.3, 0.4) is 0 Å². The Kier molecular flexibility index (Phi) is 7.26. The minimum absolute atomic E-state index is 0.0313. The van der Waals surface area contributed by atoms with Gasteiger partial charge in [-0.15, -0.1) is 0 Å². The number of hydrogen-bond acceptors (Lipinski definition) is 6. The Labute approximate surface area is 234 Å². The van der Waals surface area contributed by atoms with Gasteiger partial charge in [-0.2, -0.15) is 0 Å². The van der Waals surface area contributed by atoms with Gasteiger partial charge in [-0.3, -0.25) is 9.78 Å². The van der Waals surface area contributed by atoms with E-state index in [9.17, 15) is 4.79 Å². The van der Waals surface area contributed by atoms with E-state index in [-0.39, 0.29) is 5.91 Å². The number of benzene rings is 4. The van der Waals surface area contributed by atoms with Crippen LogP contribution >= 0.6 is 0 Å². The summed E-state index contributed by atoms with van der Waals surface area (Å²) in [5.74, 6) is 1.76. The van der Waals surface area contributed by atoms with Crippen molar-refractivity contribution in [2.24, 2.45) is 0 Å². The van der Waals surface area contributed by atoms with Crippen molar-refractivity contribution in [3.63, 3.8) is 0 Å². The van der Waals surface area contributed by atoms with Crippen LogP contribution in [0.25, 0.3) is 22.2 Å². The summed E-state index contributed by atoms with van der Waals surface area (Å²) in [5, 5.41) is 2.99. The van der Waals surface area contributed by atoms with Crippen molar-refractivity contribution in [1.82, 2.24) is 9.97 Å². The maximum atomic E-state index is 12.4. The molecule has 6 rings (SSSR count). The number of anilines is 3. The minimum Gasteiger partial charge on any atom is -0.495 e. The molecule has 4 aromatic carbocycles. The lowest BCUT2D eigenvalue weighted by Crippen LogP contribution is -2.47. The molecule has 0 unspecified atom stereocenters. The van der Waals surface area contributed by atoms with Crippen LogP contribution in [0.4, 0.5) is 17.2 Å². The zero-order valence-electron chi connectivity index (χ0n) is 22.5. The normalized spacial score (nSPS) is 13.3. The van der Waals surface area contributed by atoms with Crippen LogP contribution in [0.5, 0.6) is 5.75 Å². The van der Waals surface area contributed by atoms with Crippen molar-refractivity contribution >= 4 is 34.1 Å². The summed E-state index contributed by atoms with van der Waals surface area (Å²) in [7, 11) is 1.72. The first-order valence-corrected chi connectivity index (χ1v) is 13.5. The van der Waals surface area contributed by atoms with Gasteiger partial charge in [0.15, 0.2) is 0 Å². The molecule has 0 spiro atoms. The highest BCUT2D eigenvalue weighted by Gasteiger charge is 2.21. The zero-order valence-corrected chi connectivity index (χ0v) is 22.5. The molecule has 1 aliphatic rings. The fraction of sp³-hybridized carbons (Fsp3) is 0.182. The lowest BCUT2D eigenvalue weighted by atomic mass is 10.0. The number of carbonyl (C=O) groups is 1. The maximum Gasteiger partial charge on any atom is 0.228 e. The van der Waals surface area contributed by atoms with E-state index in [1.807, 2.05) is 85.1 Å². The molecule has 2 heterocycles. The molecule has 1 aliphatic heterocycles. The Balaban J connectivity index is 1.13. The van der Waals surface area contributed by atoms with Crippen molar-refractivity contribution in [1.29, 1.82) is 0 Å². The molecular weight excluding hydrogens is 498 g/mol. The van der Waals surface area contributed by atoms with Crippen molar-refractivity contribution in [2.45, 2.75) is 6.42 Å². The number of nitrogens with one attached hydrogen (secondary N) is 1. The van der Waals surface area contributed by atoms with Gasteiger partial charge in [0.2, 0.25) is 5.91 Å². The first-order valence-electron chi connectivity index (χ1n) is 13.5. The summed E-state index contributed by atoms with van der Waals surface area (Å²) in [4.78, 5) is 26.7. The summed E-state index contributed by atoms with van der Waals surface area (Å²) in [6.07, 6.45) is 2.22. The number of carbonyl (C=O) groups excluding carboxylic acids is 1. The third kappa shape index (κ3) is 5.59. The van der Waals surface area contributed by atoms with E-state index >= 15 is 0 Å². The minimum atomic E-state index is -0.0313. The highest BCUT2D eigenvalue weighted by Crippen LogP contribution is 2.30. The molecule has 40 heavy (non-hydrogen) atoms. The Morgan fingerprint density at radius 1 is 0.800 bits per heavy atom. The Morgan fingerprint density at radius 3 is 2.27 bits per heavy atom. The smallest absolute Gasteiger partial charge is 0.228 e. The van der Waals surface area contributed by atoms with Crippen molar-refractivity contribution in [3.05, 3.63) is 109 Å². The van der Waals surface area contributed by atoms with Crippen LogP contribution < -0.4 is 19.9 Å². The van der Waals surface area contributed by atoms with Crippen LogP contribution in [0.2, 0.25) is 0 Å². The second-order valence-corrected chi connectivity index (χ2v) is 9.87. The largest absolute Gasteiger partial charge is 0.495 e. The van der Waals surface area contributed by atoms with Gasteiger partial charge in [-0.25, -0.2) is 4.98 Å². The predicted octanol–water partition coefficient (Wildman–Crippen LogP) is 5.81. The summed E-state index contributed by atoms with van der Waals surface area (Å²) >= 11 is 0. The van der Waals surface area contributed by atoms with Gasteiger partial charge in [0, 0.05) is 31.9 Å². The molecule has 1 amide bonds. The van der Waals surface area contributed by atoms with Gasteiger partial charge in [-0.05, 0) is 53.1 Å². The third-order valence-electron chi connectivity index (χ3n) is 7.27. The number of para-hydroxylation sites is 2. The van der Waals surface area contributed by atoms with Crippen LogP contribution in [-0.2, 0) is 11.2 Å². The van der Waals surface area contributed by atoms with Crippen molar-refractivity contribution < 1.29 is 9.53 Å². The Bertz CT molecular complexity index is 1610. The number of methoxy groups -OCH3 is 1. The summed E-state index contributed by atoms with van der Waals surface area (Å²) in [6, 6.07) is 32.0. The van der Waals surface area contributed by atoms with Gasteiger partial charge in [0.25, 0.3) is 0 Å². The number of piperazine rings is 1. The Hall–Kier alpha value is -4.91. The topological polar surface area (TPSA) is 70.6 Å². The second kappa shape index (κ2) is 11.5. The summed E-state index contributed by atoms with van der Waals surface area (Å²) in [6.45, 7) is 3.48. The number of hydrogen-bond donors (Lipinski definition) is 1. The van der Waals surface area contributed by atoms with E-state index in [1.165, 1.54) is 0 Å². The monoisotopic (exact) mass is 529 g/mol. The number of amides is 1. The Morgan fingerprint density at radius 2 is 1.50 bits per heavy atom.